The molecule has 1 N–H and O–H groups in total. The van der Waals surface area contributed by atoms with Gasteiger partial charge in [0, 0.05) is 37.8 Å². The Morgan fingerprint density at radius 1 is 1.15 bits per heavy atom. The van der Waals surface area contributed by atoms with Crippen molar-refractivity contribution in [3.8, 4) is 11.5 Å². The summed E-state index contributed by atoms with van der Waals surface area (Å²) in [5.74, 6) is 1.30. The normalized spacial score (nSPS) is 22.5. The van der Waals surface area contributed by atoms with Crippen LogP contribution in [-0.4, -0.2) is 53.3 Å². The molecular formula is C20H23N3O4. The number of benzene rings is 2. The average Bonchev–Trinajstić information content (AvgIpc) is 3.04. The molecule has 142 valence electrons. The Bertz CT molecular complexity index is 843. The Hall–Kier alpha value is -2.64. The van der Waals surface area contributed by atoms with Crippen molar-refractivity contribution >= 4 is 11.4 Å². The molecule has 0 unspecified atom stereocenters. The zero-order valence-corrected chi connectivity index (χ0v) is 15.2. The van der Waals surface area contributed by atoms with Crippen LogP contribution in [0.2, 0.25) is 0 Å². The van der Waals surface area contributed by atoms with Crippen LogP contribution >= 0.6 is 0 Å². The van der Waals surface area contributed by atoms with Crippen molar-refractivity contribution in [3.63, 3.8) is 0 Å². The molecule has 2 aliphatic heterocycles. The van der Waals surface area contributed by atoms with Gasteiger partial charge < -0.3 is 14.7 Å². The van der Waals surface area contributed by atoms with E-state index in [1.54, 1.807) is 6.07 Å². The van der Waals surface area contributed by atoms with E-state index in [4.69, 9.17) is 4.74 Å². The van der Waals surface area contributed by atoms with Crippen LogP contribution in [0.5, 0.6) is 11.5 Å². The van der Waals surface area contributed by atoms with Crippen LogP contribution in [0, 0.1) is 17.0 Å². The molecule has 2 aliphatic rings. The molecule has 7 heteroatoms. The van der Waals surface area contributed by atoms with Gasteiger partial charge in [0.2, 0.25) is 0 Å². The zero-order valence-electron chi connectivity index (χ0n) is 15.2. The lowest BCUT2D eigenvalue weighted by atomic mass is 10.1. The highest BCUT2D eigenvalue weighted by Crippen LogP contribution is 2.40. The van der Waals surface area contributed by atoms with Crippen molar-refractivity contribution < 1.29 is 14.8 Å². The van der Waals surface area contributed by atoms with Gasteiger partial charge in [-0.25, -0.2) is 0 Å². The van der Waals surface area contributed by atoms with Gasteiger partial charge in [-0.15, -0.1) is 0 Å². The number of aliphatic hydroxyl groups is 1. The van der Waals surface area contributed by atoms with Crippen LogP contribution in [0.25, 0.3) is 0 Å². The van der Waals surface area contributed by atoms with Gasteiger partial charge in [0.25, 0.3) is 5.69 Å². The quantitative estimate of drug-likeness (QED) is 0.659. The maximum absolute atomic E-state index is 11.7. The average molecular weight is 369 g/mol. The van der Waals surface area contributed by atoms with Crippen LogP contribution in [0.3, 0.4) is 0 Å². The van der Waals surface area contributed by atoms with Crippen molar-refractivity contribution in [2.75, 3.05) is 31.1 Å². The monoisotopic (exact) mass is 369 g/mol. The summed E-state index contributed by atoms with van der Waals surface area (Å²) >= 11 is 0. The van der Waals surface area contributed by atoms with Gasteiger partial charge in [0.15, 0.2) is 0 Å². The fourth-order valence-electron chi connectivity index (χ4n) is 4.12. The molecular weight excluding hydrogens is 346 g/mol. The Morgan fingerprint density at radius 2 is 1.93 bits per heavy atom. The summed E-state index contributed by atoms with van der Waals surface area (Å²) in [5.41, 5.74) is 1.41. The SMILES string of the molecule is Cc1c(Oc2ccccc2)ccc([N+](=O)[O-])c1N1CCN2CC[C@@H](O)[C@@H]2C1. The second-order valence-corrected chi connectivity index (χ2v) is 7.13. The minimum atomic E-state index is -0.379. The van der Waals surface area contributed by atoms with E-state index in [0.717, 1.165) is 25.1 Å². The van der Waals surface area contributed by atoms with Gasteiger partial charge in [-0.1, -0.05) is 18.2 Å². The first-order valence-corrected chi connectivity index (χ1v) is 9.22. The fraction of sp³-hybridized carbons (Fsp3) is 0.400. The van der Waals surface area contributed by atoms with Gasteiger partial charge in [-0.05, 0) is 31.5 Å². The smallest absolute Gasteiger partial charge is 0.293 e. The molecule has 2 saturated heterocycles. The summed E-state index contributed by atoms with van der Waals surface area (Å²) in [5, 5.41) is 21.9. The van der Waals surface area contributed by atoms with Crippen molar-refractivity contribution in [2.24, 2.45) is 0 Å². The van der Waals surface area contributed by atoms with E-state index >= 15 is 0 Å². The first-order chi connectivity index (χ1) is 13.0. The molecule has 0 amide bonds. The first kappa shape index (κ1) is 17.8. The van der Waals surface area contributed by atoms with Crippen LogP contribution in [0.15, 0.2) is 42.5 Å². The maximum Gasteiger partial charge on any atom is 0.293 e. The summed E-state index contributed by atoms with van der Waals surface area (Å²) in [7, 11) is 0. The van der Waals surface area contributed by atoms with Crippen LogP contribution in [0.4, 0.5) is 11.4 Å². The number of para-hydroxylation sites is 1. The molecule has 2 aromatic rings. The molecule has 0 spiro atoms. The van der Waals surface area contributed by atoms with E-state index in [1.165, 1.54) is 6.07 Å². The summed E-state index contributed by atoms with van der Waals surface area (Å²) in [6, 6.07) is 12.6. The molecule has 27 heavy (non-hydrogen) atoms. The minimum Gasteiger partial charge on any atom is -0.457 e. The van der Waals surface area contributed by atoms with E-state index in [9.17, 15) is 15.2 Å². The van der Waals surface area contributed by atoms with Gasteiger partial charge >= 0.3 is 0 Å². The number of piperazine rings is 1. The van der Waals surface area contributed by atoms with E-state index in [2.05, 4.69) is 4.90 Å². The van der Waals surface area contributed by atoms with Crippen LogP contribution < -0.4 is 9.64 Å². The van der Waals surface area contributed by atoms with E-state index < -0.39 is 0 Å². The molecule has 4 rings (SSSR count). The molecule has 2 atom stereocenters. The van der Waals surface area contributed by atoms with Gasteiger partial charge in [0.1, 0.15) is 17.2 Å². The Balaban J connectivity index is 1.69. The lowest BCUT2D eigenvalue weighted by Crippen LogP contribution is -2.53. The predicted molar refractivity (Wildman–Crippen MR) is 103 cm³/mol. The molecule has 2 heterocycles. The summed E-state index contributed by atoms with van der Waals surface area (Å²) in [6.45, 7) is 4.81. The van der Waals surface area contributed by atoms with E-state index in [-0.39, 0.29) is 22.8 Å². The molecule has 0 saturated carbocycles. The number of nitro benzene ring substituents is 1. The molecule has 7 nitrogen and oxygen atoms in total. The van der Waals surface area contributed by atoms with Gasteiger partial charge in [-0.2, -0.15) is 0 Å². The number of rotatable bonds is 4. The maximum atomic E-state index is 11.7. The Kier molecular flexibility index (Phi) is 4.72. The molecule has 2 fully saturated rings. The highest BCUT2D eigenvalue weighted by molar-refractivity contribution is 5.72. The second-order valence-electron chi connectivity index (χ2n) is 7.13. The number of aliphatic hydroxyl groups excluding tert-OH is 1. The van der Waals surface area contributed by atoms with Crippen molar-refractivity contribution in [2.45, 2.75) is 25.5 Å². The van der Waals surface area contributed by atoms with Crippen LogP contribution in [0.1, 0.15) is 12.0 Å². The van der Waals surface area contributed by atoms with Gasteiger partial charge in [-0.3, -0.25) is 15.0 Å². The third kappa shape index (κ3) is 3.36. The predicted octanol–water partition coefficient (Wildman–Crippen LogP) is 2.95. The highest BCUT2D eigenvalue weighted by Gasteiger charge is 2.39. The van der Waals surface area contributed by atoms with Crippen molar-refractivity contribution in [1.82, 2.24) is 4.90 Å². The molecule has 0 bridgehead atoms. The lowest BCUT2D eigenvalue weighted by Gasteiger charge is -2.40. The van der Waals surface area contributed by atoms with E-state index in [1.807, 2.05) is 42.2 Å². The Morgan fingerprint density at radius 3 is 2.67 bits per heavy atom. The van der Waals surface area contributed by atoms with Crippen molar-refractivity contribution in [1.29, 1.82) is 0 Å². The molecule has 0 aliphatic carbocycles. The van der Waals surface area contributed by atoms with Crippen LogP contribution in [-0.2, 0) is 0 Å². The standard InChI is InChI=1S/C20H23N3O4/c1-14-19(27-15-5-3-2-4-6-15)8-7-16(23(25)26)20(14)22-12-11-21-10-9-18(24)17(21)13-22/h2-8,17-18,24H,9-13H2,1H3/t17-,18+/m0/s1. The second kappa shape index (κ2) is 7.17. The summed E-state index contributed by atoms with van der Waals surface area (Å²) < 4.78 is 5.97. The number of nitrogens with zero attached hydrogens (tertiary/aromatic N) is 3. The summed E-state index contributed by atoms with van der Waals surface area (Å²) in [6.07, 6.45) is 0.382. The zero-order chi connectivity index (χ0) is 19.0. The first-order valence-electron chi connectivity index (χ1n) is 9.22. The number of hydrogen-bond acceptors (Lipinski definition) is 6. The van der Waals surface area contributed by atoms with Crippen molar-refractivity contribution in [3.05, 3.63) is 58.1 Å². The third-order valence-electron chi connectivity index (χ3n) is 5.53. The number of anilines is 1. The highest BCUT2D eigenvalue weighted by atomic mass is 16.6. The third-order valence-corrected chi connectivity index (χ3v) is 5.53. The van der Waals surface area contributed by atoms with Gasteiger partial charge in [0.05, 0.1) is 17.1 Å². The minimum absolute atomic E-state index is 0.0245. The topological polar surface area (TPSA) is 79.1 Å². The number of ether oxygens (including phenoxy) is 1. The number of hydrogen-bond donors (Lipinski definition) is 1. The number of nitro groups is 1. The molecule has 2 aromatic carbocycles. The Labute approximate surface area is 157 Å². The molecule has 0 radical (unpaired) electrons. The molecule has 0 aromatic heterocycles. The summed E-state index contributed by atoms with van der Waals surface area (Å²) in [4.78, 5) is 15.6. The largest absolute Gasteiger partial charge is 0.457 e. The fourth-order valence-corrected chi connectivity index (χ4v) is 4.12. The number of fused-ring (bicyclic) bond motifs is 1. The van der Waals surface area contributed by atoms with E-state index in [0.29, 0.717) is 30.3 Å². The lowest BCUT2D eigenvalue weighted by molar-refractivity contribution is -0.384.